The van der Waals surface area contributed by atoms with E-state index in [1.165, 1.54) is 4.90 Å². The highest BCUT2D eigenvalue weighted by molar-refractivity contribution is 7.89. The summed E-state index contributed by atoms with van der Waals surface area (Å²) in [4.78, 5) is 13.9. The Bertz CT molecular complexity index is 940. The summed E-state index contributed by atoms with van der Waals surface area (Å²) >= 11 is 0. The lowest BCUT2D eigenvalue weighted by Gasteiger charge is -2.14. The van der Waals surface area contributed by atoms with Crippen molar-refractivity contribution < 1.29 is 17.9 Å². The van der Waals surface area contributed by atoms with Gasteiger partial charge in [0.2, 0.25) is 10.0 Å². The van der Waals surface area contributed by atoms with Crippen molar-refractivity contribution in [1.82, 2.24) is 4.72 Å². The van der Waals surface area contributed by atoms with Crippen molar-refractivity contribution in [3.63, 3.8) is 0 Å². The highest BCUT2D eigenvalue weighted by atomic mass is 32.2. The molecule has 26 heavy (non-hydrogen) atoms. The number of aryl methyl sites for hydroxylation is 3. The summed E-state index contributed by atoms with van der Waals surface area (Å²) in [7, 11) is -3.66. The monoisotopic (exact) mass is 374 g/mol. The molecule has 0 bridgehead atoms. The van der Waals surface area contributed by atoms with E-state index >= 15 is 0 Å². The van der Waals surface area contributed by atoms with E-state index in [-0.39, 0.29) is 11.4 Å². The Kier molecular flexibility index (Phi) is 5.02. The third kappa shape index (κ3) is 3.89. The zero-order valence-corrected chi connectivity index (χ0v) is 15.8. The molecule has 1 aliphatic rings. The number of benzene rings is 2. The molecular formula is C19H22N2O4S. The Hall–Kier alpha value is -2.38. The fourth-order valence-electron chi connectivity index (χ4n) is 3.02. The summed E-state index contributed by atoms with van der Waals surface area (Å²) in [6, 6.07) is 12.7. The number of hydrogen-bond acceptors (Lipinski definition) is 4. The van der Waals surface area contributed by atoms with Gasteiger partial charge in [-0.05, 0) is 50.1 Å². The van der Waals surface area contributed by atoms with Gasteiger partial charge in [-0.15, -0.1) is 0 Å². The lowest BCUT2D eigenvalue weighted by molar-refractivity contribution is 0.143. The van der Waals surface area contributed by atoms with Gasteiger partial charge < -0.3 is 4.74 Å². The molecule has 6 nitrogen and oxygen atoms in total. The number of rotatable bonds is 5. The average molecular weight is 374 g/mol. The largest absolute Gasteiger partial charge is 0.443 e. The van der Waals surface area contributed by atoms with Crippen LogP contribution in [0.15, 0.2) is 47.4 Å². The molecule has 2 aromatic carbocycles. The number of ether oxygens (including phenoxy) is 1. The van der Waals surface area contributed by atoms with Crippen molar-refractivity contribution in [2.24, 2.45) is 0 Å². The SMILES string of the molecule is Cc1cccc(N2CC(CNS(=O)(=O)c3ccc(C)cc3C)OC2=O)c1. The maximum absolute atomic E-state index is 12.5. The first kappa shape index (κ1) is 18.4. The molecular weight excluding hydrogens is 352 g/mol. The molecule has 1 heterocycles. The summed E-state index contributed by atoms with van der Waals surface area (Å²) in [6.45, 7) is 5.95. The van der Waals surface area contributed by atoms with E-state index in [1.54, 1.807) is 19.1 Å². The molecule has 0 saturated carbocycles. The van der Waals surface area contributed by atoms with Crippen LogP contribution in [0.5, 0.6) is 0 Å². The number of cyclic esters (lactones) is 1. The molecule has 1 N–H and O–H groups in total. The Morgan fingerprint density at radius 3 is 2.54 bits per heavy atom. The molecule has 0 spiro atoms. The molecule has 7 heteroatoms. The van der Waals surface area contributed by atoms with Crippen LogP contribution in [0.1, 0.15) is 16.7 Å². The van der Waals surface area contributed by atoms with Gasteiger partial charge >= 0.3 is 6.09 Å². The maximum atomic E-state index is 12.5. The lowest BCUT2D eigenvalue weighted by atomic mass is 10.2. The Balaban J connectivity index is 1.68. The van der Waals surface area contributed by atoms with Crippen LogP contribution in [0.4, 0.5) is 10.5 Å². The van der Waals surface area contributed by atoms with Crippen LogP contribution >= 0.6 is 0 Å². The van der Waals surface area contributed by atoms with E-state index < -0.39 is 22.2 Å². The normalized spacial score (nSPS) is 17.4. The number of amides is 1. The smallest absolute Gasteiger partial charge is 0.414 e. The molecule has 138 valence electrons. The molecule has 1 atom stereocenters. The topological polar surface area (TPSA) is 75.7 Å². The van der Waals surface area contributed by atoms with Crippen LogP contribution in [-0.2, 0) is 14.8 Å². The van der Waals surface area contributed by atoms with Crippen LogP contribution < -0.4 is 9.62 Å². The molecule has 1 fully saturated rings. The van der Waals surface area contributed by atoms with Gasteiger partial charge in [-0.25, -0.2) is 17.9 Å². The summed E-state index contributed by atoms with van der Waals surface area (Å²) in [6.07, 6.45) is -1.00. The third-order valence-electron chi connectivity index (χ3n) is 4.31. The molecule has 1 aliphatic heterocycles. The number of carbonyl (C=O) groups is 1. The van der Waals surface area contributed by atoms with Gasteiger partial charge in [0.15, 0.2) is 0 Å². The number of hydrogen-bond donors (Lipinski definition) is 1. The summed E-state index contributed by atoms with van der Waals surface area (Å²) in [5, 5.41) is 0. The maximum Gasteiger partial charge on any atom is 0.414 e. The van der Waals surface area contributed by atoms with E-state index in [0.717, 1.165) is 16.8 Å². The Morgan fingerprint density at radius 1 is 1.12 bits per heavy atom. The zero-order valence-electron chi connectivity index (χ0n) is 15.0. The second-order valence-electron chi connectivity index (χ2n) is 6.58. The highest BCUT2D eigenvalue weighted by Crippen LogP contribution is 2.23. The van der Waals surface area contributed by atoms with Crippen molar-refractivity contribution in [3.05, 3.63) is 59.2 Å². The fourth-order valence-corrected chi connectivity index (χ4v) is 4.31. The van der Waals surface area contributed by atoms with Crippen LogP contribution in [0, 0.1) is 20.8 Å². The standard InChI is InChI=1S/C19H22N2O4S/c1-13-5-4-6-16(10-13)21-12-17(25-19(21)22)11-20-26(23,24)18-8-7-14(2)9-15(18)3/h4-10,17,20H,11-12H2,1-3H3. The average Bonchev–Trinajstić information content (AvgIpc) is 2.94. The molecule has 3 rings (SSSR count). The van der Waals surface area contributed by atoms with Crippen LogP contribution in [0.25, 0.3) is 0 Å². The van der Waals surface area contributed by atoms with Crippen molar-refractivity contribution >= 4 is 21.8 Å². The lowest BCUT2D eigenvalue weighted by Crippen LogP contribution is -2.35. The van der Waals surface area contributed by atoms with Gasteiger partial charge in [-0.2, -0.15) is 0 Å². The van der Waals surface area contributed by atoms with Crippen LogP contribution in [-0.4, -0.2) is 33.7 Å². The predicted octanol–water partition coefficient (Wildman–Crippen LogP) is 2.92. The number of nitrogens with zero attached hydrogens (tertiary/aromatic N) is 1. The minimum Gasteiger partial charge on any atom is -0.443 e. The first-order chi connectivity index (χ1) is 12.3. The second-order valence-corrected chi connectivity index (χ2v) is 8.31. The van der Waals surface area contributed by atoms with E-state index in [1.807, 2.05) is 44.2 Å². The first-order valence-corrected chi connectivity index (χ1v) is 9.86. The molecule has 2 aromatic rings. The first-order valence-electron chi connectivity index (χ1n) is 8.38. The minimum absolute atomic E-state index is 0.0315. The van der Waals surface area contributed by atoms with Crippen molar-refractivity contribution in [3.8, 4) is 0 Å². The Morgan fingerprint density at radius 2 is 1.85 bits per heavy atom. The van der Waals surface area contributed by atoms with Gasteiger partial charge in [0.1, 0.15) is 6.10 Å². The molecule has 0 aliphatic carbocycles. The fraction of sp³-hybridized carbons (Fsp3) is 0.316. The number of carbonyl (C=O) groups excluding carboxylic acids is 1. The molecule has 0 radical (unpaired) electrons. The summed E-state index contributed by atoms with van der Waals surface area (Å²) in [5.74, 6) is 0. The molecule has 0 aromatic heterocycles. The number of anilines is 1. The van der Waals surface area contributed by atoms with Crippen LogP contribution in [0.3, 0.4) is 0 Å². The molecule has 1 amide bonds. The van der Waals surface area contributed by atoms with Gasteiger partial charge in [0.25, 0.3) is 0 Å². The zero-order chi connectivity index (χ0) is 18.9. The molecule has 1 unspecified atom stereocenters. The Labute approximate surface area is 153 Å². The van der Waals surface area contributed by atoms with Crippen molar-refractivity contribution in [2.75, 3.05) is 18.0 Å². The number of sulfonamides is 1. The second kappa shape index (κ2) is 7.09. The van der Waals surface area contributed by atoms with Crippen molar-refractivity contribution in [2.45, 2.75) is 31.8 Å². The van der Waals surface area contributed by atoms with E-state index in [9.17, 15) is 13.2 Å². The molecule has 1 saturated heterocycles. The quantitative estimate of drug-likeness (QED) is 0.873. The van der Waals surface area contributed by atoms with E-state index in [4.69, 9.17) is 4.74 Å². The number of nitrogens with one attached hydrogen (secondary N) is 1. The minimum atomic E-state index is -3.66. The summed E-state index contributed by atoms with van der Waals surface area (Å²) in [5.41, 5.74) is 3.46. The van der Waals surface area contributed by atoms with Gasteiger partial charge in [-0.3, -0.25) is 4.90 Å². The van der Waals surface area contributed by atoms with Gasteiger partial charge in [-0.1, -0.05) is 29.8 Å². The van der Waals surface area contributed by atoms with E-state index in [0.29, 0.717) is 12.1 Å². The predicted molar refractivity (Wildman–Crippen MR) is 99.9 cm³/mol. The highest BCUT2D eigenvalue weighted by Gasteiger charge is 2.33. The van der Waals surface area contributed by atoms with E-state index in [2.05, 4.69) is 4.72 Å². The van der Waals surface area contributed by atoms with Crippen LogP contribution in [0.2, 0.25) is 0 Å². The third-order valence-corrected chi connectivity index (χ3v) is 5.89. The van der Waals surface area contributed by atoms with Gasteiger partial charge in [0.05, 0.1) is 11.4 Å². The van der Waals surface area contributed by atoms with Crippen molar-refractivity contribution in [1.29, 1.82) is 0 Å². The van der Waals surface area contributed by atoms with Gasteiger partial charge in [0, 0.05) is 12.2 Å². The summed E-state index contributed by atoms with van der Waals surface area (Å²) < 4.78 is 32.9.